The van der Waals surface area contributed by atoms with Crippen LogP contribution in [0.2, 0.25) is 0 Å². The van der Waals surface area contributed by atoms with Crippen molar-refractivity contribution in [3.63, 3.8) is 0 Å². The minimum atomic E-state index is -0.821. The lowest BCUT2D eigenvalue weighted by Crippen LogP contribution is -2.60. The van der Waals surface area contributed by atoms with Gasteiger partial charge in [0.15, 0.2) is 0 Å². The monoisotopic (exact) mass is 460 g/mol. The van der Waals surface area contributed by atoms with E-state index in [9.17, 15) is 19.8 Å². The van der Waals surface area contributed by atoms with E-state index in [1.807, 2.05) is 0 Å². The Balaban J connectivity index is 1.31. The Morgan fingerprint density at radius 3 is 1.26 bits per heavy atom. The summed E-state index contributed by atoms with van der Waals surface area (Å²) in [6, 6.07) is 4.79. The number of aliphatic carboxylic acids is 2. The smallest absolute Gasteiger partial charge is 0.0476 e. The van der Waals surface area contributed by atoms with Crippen LogP contribution in [0.5, 0.6) is 0 Å². The average Bonchev–Trinajstić information content (AvgIpc) is 2.73. The lowest BCUT2D eigenvalue weighted by molar-refractivity contribution is -0.328. The van der Waals surface area contributed by atoms with Crippen LogP contribution < -0.4 is 10.2 Å². The molecule has 0 spiro atoms. The standard InChI is InChI=1S/C30H38O4/c1-17-3-24(28-9-21-6-22(10-28)14-30(13-21,16-28)26(33)34)18(2)4-23(17)27-7-19-5-20(8-27)12-29(11-19,15-27)25(31)32/h3-4,19-22H,5-16H2,1-2H3,(H,31,32)(H,33,34)/p-2/t19-,20+,21-,22+,27?,28?,29?,30?. The van der Waals surface area contributed by atoms with Crippen molar-refractivity contribution < 1.29 is 19.8 Å². The molecular formula is C30H36O4-2. The van der Waals surface area contributed by atoms with Crippen LogP contribution in [0, 0.1) is 48.3 Å². The normalized spacial score (nSPS) is 47.8. The second-order valence-corrected chi connectivity index (χ2v) is 14.1. The fraction of sp³-hybridized carbons (Fsp3) is 0.733. The van der Waals surface area contributed by atoms with E-state index in [1.54, 1.807) is 0 Å². The summed E-state index contributed by atoms with van der Waals surface area (Å²) in [4.78, 5) is 24.6. The quantitative estimate of drug-likeness (QED) is 0.689. The summed E-state index contributed by atoms with van der Waals surface area (Å²) >= 11 is 0. The van der Waals surface area contributed by atoms with Gasteiger partial charge in [0.25, 0.3) is 0 Å². The van der Waals surface area contributed by atoms with Crippen LogP contribution in [0.25, 0.3) is 0 Å². The molecule has 4 unspecified atom stereocenters. The van der Waals surface area contributed by atoms with Crippen LogP contribution in [-0.2, 0) is 20.4 Å². The molecule has 0 saturated heterocycles. The molecule has 8 bridgehead atoms. The van der Waals surface area contributed by atoms with Crippen LogP contribution >= 0.6 is 0 Å². The van der Waals surface area contributed by atoms with Crippen LogP contribution in [0.3, 0.4) is 0 Å². The average molecular weight is 461 g/mol. The highest BCUT2D eigenvalue weighted by Gasteiger charge is 2.61. The number of hydrogen-bond acceptors (Lipinski definition) is 4. The first-order valence-corrected chi connectivity index (χ1v) is 13.6. The molecule has 8 fully saturated rings. The predicted octanol–water partition coefficient (Wildman–Crippen LogP) is 3.48. The fourth-order valence-corrected chi connectivity index (χ4v) is 11.6. The molecule has 1 aromatic carbocycles. The molecule has 0 N–H and O–H groups in total. The summed E-state index contributed by atoms with van der Waals surface area (Å²) in [6.07, 6.45) is 11.5. The predicted molar refractivity (Wildman–Crippen MR) is 124 cm³/mol. The largest absolute Gasteiger partial charge is 0.550 e. The van der Waals surface area contributed by atoms with E-state index >= 15 is 0 Å². The molecule has 0 amide bonds. The van der Waals surface area contributed by atoms with Crippen LogP contribution in [-0.4, -0.2) is 11.9 Å². The molecule has 0 radical (unpaired) electrons. The van der Waals surface area contributed by atoms with Crippen LogP contribution in [0.15, 0.2) is 12.1 Å². The van der Waals surface area contributed by atoms with Crippen molar-refractivity contribution in [2.75, 3.05) is 0 Å². The van der Waals surface area contributed by atoms with Crippen molar-refractivity contribution >= 4 is 11.9 Å². The molecule has 0 heterocycles. The molecule has 4 heteroatoms. The van der Waals surface area contributed by atoms with E-state index < -0.39 is 22.8 Å². The number of hydrogen-bond donors (Lipinski definition) is 0. The third-order valence-corrected chi connectivity index (χ3v) is 11.7. The van der Waals surface area contributed by atoms with Gasteiger partial charge < -0.3 is 19.8 Å². The zero-order chi connectivity index (χ0) is 23.7. The topological polar surface area (TPSA) is 80.3 Å². The zero-order valence-corrected chi connectivity index (χ0v) is 20.6. The number of carboxylic acid groups (broad SMARTS) is 2. The van der Waals surface area contributed by atoms with Crippen molar-refractivity contribution in [3.05, 3.63) is 34.4 Å². The number of benzene rings is 1. The molecule has 9 rings (SSSR count). The van der Waals surface area contributed by atoms with Gasteiger partial charge in [-0.05, 0) is 148 Å². The van der Waals surface area contributed by atoms with Crippen LogP contribution in [0.1, 0.15) is 99.3 Å². The van der Waals surface area contributed by atoms with Crippen LogP contribution in [0.4, 0.5) is 0 Å². The first-order chi connectivity index (χ1) is 16.1. The lowest BCUT2D eigenvalue weighted by Gasteiger charge is -2.64. The molecule has 8 aliphatic carbocycles. The minimum absolute atomic E-state index is 0.0365. The number of carboxylic acids is 2. The fourth-order valence-electron chi connectivity index (χ4n) is 11.6. The molecule has 1 aromatic rings. The summed E-state index contributed by atoms with van der Waals surface area (Å²) < 4.78 is 0. The van der Waals surface area contributed by atoms with Crippen molar-refractivity contribution in [2.45, 2.75) is 102 Å². The number of carbonyl (C=O) groups is 2. The van der Waals surface area contributed by atoms with E-state index in [0.717, 1.165) is 64.2 Å². The molecular weight excluding hydrogens is 424 g/mol. The maximum absolute atomic E-state index is 12.3. The molecule has 182 valence electrons. The van der Waals surface area contributed by atoms with Gasteiger partial charge >= 0.3 is 0 Å². The molecule has 8 aliphatic rings. The molecule has 34 heavy (non-hydrogen) atoms. The van der Waals surface area contributed by atoms with E-state index in [-0.39, 0.29) is 10.8 Å². The van der Waals surface area contributed by atoms with Gasteiger partial charge in [0.05, 0.1) is 0 Å². The number of carbonyl (C=O) groups excluding carboxylic acids is 2. The third-order valence-electron chi connectivity index (χ3n) is 11.7. The highest BCUT2D eigenvalue weighted by atomic mass is 16.4. The number of rotatable bonds is 4. The van der Waals surface area contributed by atoms with Crippen molar-refractivity contribution in [1.82, 2.24) is 0 Å². The summed E-state index contributed by atoms with van der Waals surface area (Å²) in [5.74, 6) is 0.375. The van der Waals surface area contributed by atoms with E-state index in [0.29, 0.717) is 23.7 Å². The minimum Gasteiger partial charge on any atom is -0.550 e. The van der Waals surface area contributed by atoms with Gasteiger partial charge in [-0.2, -0.15) is 0 Å². The maximum atomic E-state index is 12.3. The molecule has 4 nitrogen and oxygen atoms in total. The van der Waals surface area contributed by atoms with Gasteiger partial charge in [-0.25, -0.2) is 0 Å². The van der Waals surface area contributed by atoms with Gasteiger partial charge in [0.1, 0.15) is 0 Å². The third kappa shape index (κ3) is 2.66. The number of aryl methyl sites for hydroxylation is 2. The second kappa shape index (κ2) is 6.48. The molecule has 8 atom stereocenters. The Kier molecular flexibility index (Phi) is 4.08. The van der Waals surface area contributed by atoms with Crippen molar-refractivity contribution in [2.24, 2.45) is 34.5 Å². The van der Waals surface area contributed by atoms with E-state index in [2.05, 4.69) is 26.0 Å². The molecule has 0 aromatic heterocycles. The lowest BCUT2D eigenvalue weighted by atomic mass is 9.41. The molecule has 8 saturated carbocycles. The zero-order valence-electron chi connectivity index (χ0n) is 20.6. The first-order valence-electron chi connectivity index (χ1n) is 13.6. The molecule has 0 aliphatic heterocycles. The summed E-state index contributed by atoms with van der Waals surface area (Å²) in [5.41, 5.74) is 3.97. The summed E-state index contributed by atoms with van der Waals surface area (Å²) in [6.45, 7) is 4.44. The summed E-state index contributed by atoms with van der Waals surface area (Å²) in [5, 5.41) is 24.6. The van der Waals surface area contributed by atoms with E-state index in [4.69, 9.17) is 0 Å². The Morgan fingerprint density at radius 2 is 0.971 bits per heavy atom. The van der Waals surface area contributed by atoms with Gasteiger partial charge in [0, 0.05) is 22.8 Å². The maximum Gasteiger partial charge on any atom is 0.0476 e. The van der Waals surface area contributed by atoms with Crippen molar-refractivity contribution in [1.29, 1.82) is 0 Å². The van der Waals surface area contributed by atoms with Gasteiger partial charge in [0.2, 0.25) is 0 Å². The first kappa shape index (κ1) is 21.4. The Morgan fingerprint density at radius 1 is 0.647 bits per heavy atom. The Hall–Kier alpha value is -1.84. The Bertz CT molecular complexity index is 999. The highest BCUT2D eigenvalue weighted by Crippen LogP contribution is 2.68. The highest BCUT2D eigenvalue weighted by molar-refractivity contribution is 5.74. The SMILES string of the molecule is Cc1cc(C23C[C@@H]4C[C@@H](CC(C(=O)[O-])(C4)C2)C3)c(C)cc1C12C[C@@H]3C[C@@H](CC(C(=O)[O-])(C3)C1)C2. The second-order valence-electron chi connectivity index (χ2n) is 14.1. The van der Waals surface area contributed by atoms with Crippen molar-refractivity contribution in [3.8, 4) is 0 Å². The Labute approximate surface area is 202 Å². The van der Waals surface area contributed by atoms with E-state index in [1.165, 1.54) is 35.1 Å². The van der Waals surface area contributed by atoms with Gasteiger partial charge in [-0.3, -0.25) is 0 Å². The van der Waals surface area contributed by atoms with Gasteiger partial charge in [-0.1, -0.05) is 12.1 Å². The van der Waals surface area contributed by atoms with Gasteiger partial charge in [-0.15, -0.1) is 0 Å². The summed E-state index contributed by atoms with van der Waals surface area (Å²) in [7, 11) is 0.